The average Bonchev–Trinajstić information content (AvgIpc) is 1.25. The third-order valence-corrected chi connectivity index (χ3v) is 21.9. The molecule has 596 valence electrons. The Kier molecular flexibility index (Phi) is 25.7. The number of ketones is 1. The Hall–Kier alpha value is -9.99. The molecule has 0 unspecified atom stereocenters. The van der Waals surface area contributed by atoms with Crippen LogP contribution in [-0.2, 0) is 6.54 Å². The number of imidazole rings is 1. The number of Topliss-reactive ketones (excluding diaryl/α,β-unsaturated/α-hetero) is 1. The van der Waals surface area contributed by atoms with Gasteiger partial charge >= 0.3 is 0 Å². The second-order valence-electron chi connectivity index (χ2n) is 33.7. The molecule has 3 aliphatic heterocycles. The van der Waals surface area contributed by atoms with Crippen molar-refractivity contribution in [3.8, 4) is 11.3 Å². The van der Waals surface area contributed by atoms with Crippen LogP contribution in [0.2, 0.25) is 0 Å². The average molecular weight is 1530 g/mol. The number of pyridine rings is 4. The number of hydrogen-bond acceptors (Lipinski definition) is 21. The summed E-state index contributed by atoms with van der Waals surface area (Å²) in [7, 11) is 3.57. The summed E-state index contributed by atoms with van der Waals surface area (Å²) >= 11 is 0. The largest absolute Gasteiger partial charge is 0.370 e. The van der Waals surface area contributed by atoms with Crippen molar-refractivity contribution >= 4 is 91.5 Å². The number of aromatic nitrogens is 13. The van der Waals surface area contributed by atoms with Crippen LogP contribution in [0.1, 0.15) is 203 Å². The molecule has 0 spiro atoms. The summed E-state index contributed by atoms with van der Waals surface area (Å²) in [5, 5.41) is 14.5. The topological polar surface area (TPSA) is 259 Å². The monoisotopic (exact) mass is 1530 g/mol. The van der Waals surface area contributed by atoms with Gasteiger partial charge < -0.3 is 45.1 Å². The van der Waals surface area contributed by atoms with E-state index >= 15 is 0 Å². The maximum absolute atomic E-state index is 15.0. The molecule has 1 amide bonds. The summed E-state index contributed by atoms with van der Waals surface area (Å²) in [5.74, 6) is 3.86. The molecule has 1 aromatic carbocycles. The number of carbonyl (C=O) groups is 2. The van der Waals surface area contributed by atoms with E-state index in [-0.39, 0.29) is 57.6 Å². The molecular formula is C85H114F2N22O3. The number of rotatable bonds is 16. The number of nitrogens with zero attached hydrogens (tertiary/aromatic N) is 18. The molecule has 10 aromatic rings. The molecule has 2 aliphatic carbocycles. The minimum atomic E-state index is -0.638. The van der Waals surface area contributed by atoms with Crippen LogP contribution in [0.3, 0.4) is 0 Å². The quantitative estimate of drug-likeness (QED) is 0.0655. The normalized spacial score (nSPS) is 16.4. The number of halogens is 2. The molecule has 4 N–H and O–H groups in total. The number of piperazine rings is 2. The van der Waals surface area contributed by atoms with Gasteiger partial charge in [-0.1, -0.05) is 73.3 Å². The van der Waals surface area contributed by atoms with E-state index in [4.69, 9.17) is 9.97 Å². The predicted octanol–water partition coefficient (Wildman–Crippen LogP) is 16.0. The molecule has 2 saturated carbocycles. The van der Waals surface area contributed by atoms with Crippen LogP contribution in [0, 0.1) is 42.7 Å². The van der Waals surface area contributed by atoms with Crippen LogP contribution in [-0.4, -0.2) is 175 Å². The van der Waals surface area contributed by atoms with Gasteiger partial charge in [0.25, 0.3) is 11.5 Å². The van der Waals surface area contributed by atoms with Crippen molar-refractivity contribution in [1.29, 1.82) is 0 Å². The summed E-state index contributed by atoms with van der Waals surface area (Å²) in [6.07, 6.45) is 21.1. The molecule has 15 rings (SSSR count). The number of amides is 1. The van der Waals surface area contributed by atoms with Crippen molar-refractivity contribution in [3.05, 3.63) is 142 Å². The molecule has 25 nitrogen and oxygen atoms in total. The number of benzene rings is 1. The Labute approximate surface area is 657 Å². The van der Waals surface area contributed by atoms with Gasteiger partial charge in [-0.3, -0.25) is 28.8 Å². The molecular weight excluding hydrogens is 1420 g/mol. The Morgan fingerprint density at radius 3 is 1.66 bits per heavy atom. The molecule has 0 radical (unpaired) electrons. The van der Waals surface area contributed by atoms with Gasteiger partial charge in [0.15, 0.2) is 17.4 Å². The molecule has 3 saturated heterocycles. The second kappa shape index (κ2) is 35.4. The van der Waals surface area contributed by atoms with Gasteiger partial charge in [-0.25, -0.2) is 48.7 Å². The highest BCUT2D eigenvalue weighted by Crippen LogP contribution is 2.39. The summed E-state index contributed by atoms with van der Waals surface area (Å²) in [4.78, 5) is 94.9. The van der Waals surface area contributed by atoms with E-state index in [1.807, 2.05) is 74.3 Å². The van der Waals surface area contributed by atoms with E-state index in [2.05, 4.69) is 160 Å². The molecule has 27 heteroatoms. The van der Waals surface area contributed by atoms with Gasteiger partial charge in [0, 0.05) is 145 Å². The molecule has 5 aliphatic rings. The first kappa shape index (κ1) is 81.5. The molecule has 0 bridgehead atoms. The maximum atomic E-state index is 15.0. The second-order valence-corrected chi connectivity index (χ2v) is 33.7. The number of aryl methyl sites for hydroxylation is 2. The van der Waals surface area contributed by atoms with Crippen molar-refractivity contribution in [1.82, 2.24) is 83.6 Å². The van der Waals surface area contributed by atoms with Gasteiger partial charge in [-0.05, 0) is 171 Å². The van der Waals surface area contributed by atoms with Crippen LogP contribution in [0.15, 0.2) is 96.6 Å². The highest BCUT2D eigenvalue weighted by atomic mass is 19.1. The lowest BCUT2D eigenvalue weighted by atomic mass is 9.75. The minimum absolute atomic E-state index is 0.00502. The third kappa shape index (κ3) is 19.4. The van der Waals surface area contributed by atoms with Crippen molar-refractivity contribution in [2.75, 3.05) is 105 Å². The van der Waals surface area contributed by atoms with E-state index in [0.717, 1.165) is 162 Å². The van der Waals surface area contributed by atoms with E-state index in [0.29, 0.717) is 74.6 Å². The highest BCUT2D eigenvalue weighted by Gasteiger charge is 2.32. The first-order valence-corrected chi connectivity index (χ1v) is 40.1. The van der Waals surface area contributed by atoms with Crippen LogP contribution in [0.5, 0.6) is 0 Å². The summed E-state index contributed by atoms with van der Waals surface area (Å²) in [5.41, 5.74) is 7.81. The summed E-state index contributed by atoms with van der Waals surface area (Å²) in [6, 6.07) is 17.3. The van der Waals surface area contributed by atoms with Crippen LogP contribution in [0.4, 0.5) is 55.5 Å². The lowest BCUT2D eigenvalue weighted by Gasteiger charge is -2.42. The van der Waals surface area contributed by atoms with Crippen LogP contribution >= 0.6 is 0 Å². The van der Waals surface area contributed by atoms with Crippen molar-refractivity contribution < 1.29 is 18.4 Å². The number of nitrogens with one attached hydrogen (secondary N) is 4. The Morgan fingerprint density at radius 1 is 0.598 bits per heavy atom. The molecule has 9 aromatic heterocycles. The Balaban J connectivity index is 0.000000153. The van der Waals surface area contributed by atoms with Gasteiger partial charge in [-0.2, -0.15) is 9.97 Å². The zero-order valence-electron chi connectivity index (χ0n) is 68.4. The predicted molar refractivity (Wildman–Crippen MR) is 444 cm³/mol. The molecule has 0 atom stereocenters. The van der Waals surface area contributed by atoms with Crippen LogP contribution < -0.4 is 36.6 Å². The maximum Gasteiger partial charge on any atom is 0.270 e. The smallest absolute Gasteiger partial charge is 0.270 e. The van der Waals surface area contributed by atoms with Crippen LogP contribution in [0.25, 0.3) is 44.4 Å². The summed E-state index contributed by atoms with van der Waals surface area (Å²) < 4.78 is 35.6. The van der Waals surface area contributed by atoms with Crippen molar-refractivity contribution in [2.45, 2.75) is 191 Å². The fraction of sp³-hybridized carbons (Fsp3) is 0.518. The number of carbonyl (C=O) groups excluding carboxylic acids is 2. The van der Waals surface area contributed by atoms with Gasteiger partial charge in [-0.15, -0.1) is 0 Å². The Bertz CT molecular complexity index is 4950. The Morgan fingerprint density at radius 2 is 1.13 bits per heavy atom. The zero-order valence-corrected chi connectivity index (χ0v) is 68.4. The van der Waals surface area contributed by atoms with E-state index in [1.165, 1.54) is 38.7 Å². The van der Waals surface area contributed by atoms with Crippen molar-refractivity contribution in [3.63, 3.8) is 0 Å². The van der Waals surface area contributed by atoms with E-state index in [1.54, 1.807) is 48.9 Å². The molecule has 5 fully saturated rings. The number of fused-ring (bicyclic) bond motifs is 3. The van der Waals surface area contributed by atoms with Gasteiger partial charge in [0.2, 0.25) is 17.8 Å². The summed E-state index contributed by atoms with van der Waals surface area (Å²) in [6.45, 7) is 40.4. The highest BCUT2D eigenvalue weighted by molar-refractivity contribution is 6.00. The van der Waals surface area contributed by atoms with E-state index in [9.17, 15) is 23.2 Å². The third-order valence-electron chi connectivity index (χ3n) is 21.9. The SMILES string of the molecule is CC(=O)c1c(C)c2cnc(Nc3ccc(N4CCC(C(C)(C)C)CC4)cn3)nc2n(C2CCCC2)c1=O.CC(C)C.CN(C)C(=O)c1cc2cnc(Nc3ccc(N4CCNCC4)cn3)nc2n1C1CCCC1.Cc1nc2c(F)cc(-c3nc(Nc4ccc(CN5CCN(C(C)(C)C)CC5)cn4)ncc3F)cc2n1C(C)C. The number of piperidine rings is 1. The minimum Gasteiger partial charge on any atom is -0.370 e. The lowest BCUT2D eigenvalue weighted by Crippen LogP contribution is -2.53. The standard InChI is InChI=1S/C29H36F2N8.C29H38N6O2.C23H30N8O.C4H10/c1-18(2)39-19(3)34-27-22(30)13-21(14-24(27)39)26-23(31)16-33-28(36-26)35-25-8-7-20(15-32-25)17-37-9-11-38(12-10-37)29(4,5)6;1-18-23-17-31-28(33-26(23)35(21-8-6-7-9-21)27(37)25(18)19(2)36)32-24-11-10-22(16-30-24)34-14-12-20(13-15-34)29(3,4)5;1-29(2)22(32)19-13-16-14-26-23(28-21(16)31(19)17-5-3-4-6-17)27-20-8-7-18(15-25-20)30-11-9-24-10-12-30;1-4(2)3/h7-8,13-16,18H,9-12,17H2,1-6H3,(H,32,33,35,36);10-11,16-17,20-21H,6-9,12-15H2,1-5H3,(H,30,31,32,33);7-8,13-15,17,24H,3-6,9-12H2,1-2H3,(H,25,26,27,28);4H,1-3H3. The fourth-order valence-electron chi connectivity index (χ4n) is 16.0. The lowest BCUT2D eigenvalue weighted by molar-refractivity contribution is 0.0590. The number of hydrogen-bond donors (Lipinski definition) is 4. The first-order valence-electron chi connectivity index (χ1n) is 40.1. The van der Waals surface area contributed by atoms with Crippen molar-refractivity contribution in [2.24, 2.45) is 17.3 Å². The fourth-order valence-corrected chi connectivity index (χ4v) is 16.0. The van der Waals surface area contributed by atoms with E-state index < -0.39 is 11.6 Å². The molecule has 112 heavy (non-hydrogen) atoms. The number of anilines is 8. The molecule has 12 heterocycles. The van der Waals surface area contributed by atoms with Gasteiger partial charge in [0.1, 0.15) is 51.5 Å². The first-order chi connectivity index (χ1) is 53.4. The zero-order chi connectivity index (χ0) is 79.9. The van der Waals surface area contributed by atoms with Gasteiger partial charge in [0.05, 0.1) is 41.0 Å².